The van der Waals surface area contributed by atoms with Crippen molar-refractivity contribution in [2.24, 2.45) is 17.6 Å². The predicted molar refractivity (Wildman–Crippen MR) is 70.0 cm³/mol. The van der Waals surface area contributed by atoms with Crippen molar-refractivity contribution in [1.29, 1.82) is 0 Å². The summed E-state index contributed by atoms with van der Waals surface area (Å²) in [6, 6.07) is 0.221. The molecule has 0 heterocycles. The maximum atomic E-state index is 12.2. The third-order valence-electron chi connectivity index (χ3n) is 3.80. The molecule has 1 rings (SSSR count). The first-order valence-corrected chi connectivity index (χ1v) is 6.63. The zero-order valence-electron chi connectivity index (χ0n) is 11.6. The summed E-state index contributed by atoms with van der Waals surface area (Å²) in [6.45, 7) is 2.68. The number of hydrogen-bond acceptors (Lipinski definition) is 4. The Balaban J connectivity index is 2.43. The van der Waals surface area contributed by atoms with E-state index in [-0.39, 0.29) is 24.5 Å². The van der Waals surface area contributed by atoms with E-state index in [0.717, 1.165) is 19.3 Å². The number of ether oxygens (including phenoxy) is 1. The van der Waals surface area contributed by atoms with Gasteiger partial charge in [-0.15, -0.1) is 0 Å². The van der Waals surface area contributed by atoms with Crippen molar-refractivity contribution >= 4 is 5.91 Å². The predicted octanol–water partition coefficient (Wildman–Crippen LogP) is 0.216. The van der Waals surface area contributed by atoms with E-state index >= 15 is 0 Å². The van der Waals surface area contributed by atoms with Crippen LogP contribution in [0.2, 0.25) is 0 Å². The van der Waals surface area contributed by atoms with E-state index in [1.807, 2.05) is 0 Å². The number of nitrogens with two attached hydrogens (primary N) is 1. The molecule has 106 valence electrons. The molecule has 0 aromatic heterocycles. The Labute approximate surface area is 109 Å². The number of hydrogen-bond donors (Lipinski definition) is 2. The van der Waals surface area contributed by atoms with E-state index in [0.29, 0.717) is 12.5 Å². The number of amides is 1. The van der Waals surface area contributed by atoms with Gasteiger partial charge in [0, 0.05) is 32.7 Å². The molecule has 0 spiro atoms. The first kappa shape index (κ1) is 15.4. The highest BCUT2D eigenvalue weighted by Crippen LogP contribution is 2.29. The van der Waals surface area contributed by atoms with Crippen molar-refractivity contribution in [2.75, 3.05) is 27.3 Å². The summed E-state index contributed by atoms with van der Waals surface area (Å²) < 4.78 is 4.86. The third-order valence-corrected chi connectivity index (χ3v) is 3.80. The van der Waals surface area contributed by atoms with Crippen LogP contribution in [0.5, 0.6) is 0 Å². The number of carbonyl (C=O) groups excluding carboxylic acids is 1. The molecule has 5 heteroatoms. The monoisotopic (exact) mass is 258 g/mol. The van der Waals surface area contributed by atoms with Gasteiger partial charge in [0.05, 0.1) is 12.7 Å². The van der Waals surface area contributed by atoms with Crippen LogP contribution in [0.15, 0.2) is 0 Å². The molecule has 1 fully saturated rings. The van der Waals surface area contributed by atoms with Gasteiger partial charge in [0.25, 0.3) is 0 Å². The topological polar surface area (TPSA) is 75.8 Å². The van der Waals surface area contributed by atoms with E-state index in [9.17, 15) is 9.90 Å². The zero-order chi connectivity index (χ0) is 13.7. The first-order valence-electron chi connectivity index (χ1n) is 6.63. The van der Waals surface area contributed by atoms with Gasteiger partial charge in [0.1, 0.15) is 0 Å². The van der Waals surface area contributed by atoms with Crippen molar-refractivity contribution < 1.29 is 14.6 Å². The quantitative estimate of drug-likeness (QED) is 0.739. The first-order chi connectivity index (χ1) is 8.45. The molecular weight excluding hydrogens is 232 g/mol. The third kappa shape index (κ3) is 4.23. The molecular formula is C13H26N2O3. The molecule has 4 unspecified atom stereocenters. The van der Waals surface area contributed by atoms with Crippen molar-refractivity contribution in [3.63, 3.8) is 0 Å². The van der Waals surface area contributed by atoms with E-state index < -0.39 is 6.10 Å². The van der Waals surface area contributed by atoms with Crippen molar-refractivity contribution in [2.45, 2.75) is 38.3 Å². The number of aliphatic hydroxyl groups excluding tert-OH is 1. The molecule has 0 radical (unpaired) electrons. The van der Waals surface area contributed by atoms with E-state index in [2.05, 4.69) is 6.92 Å². The largest absolute Gasteiger partial charge is 0.389 e. The second kappa shape index (κ2) is 7.07. The van der Waals surface area contributed by atoms with Crippen LogP contribution in [0.4, 0.5) is 0 Å². The average Bonchev–Trinajstić information content (AvgIpc) is 2.32. The van der Waals surface area contributed by atoms with Crippen LogP contribution in [0.1, 0.15) is 26.2 Å². The van der Waals surface area contributed by atoms with Crippen LogP contribution >= 0.6 is 0 Å². The van der Waals surface area contributed by atoms with Gasteiger partial charge in [-0.3, -0.25) is 4.79 Å². The Morgan fingerprint density at radius 3 is 2.78 bits per heavy atom. The lowest BCUT2D eigenvalue weighted by molar-refractivity contribution is -0.137. The number of methoxy groups -OCH3 is 1. The zero-order valence-corrected chi connectivity index (χ0v) is 11.6. The summed E-state index contributed by atoms with van der Waals surface area (Å²) in [5.41, 5.74) is 5.96. The molecule has 1 amide bonds. The summed E-state index contributed by atoms with van der Waals surface area (Å²) >= 11 is 0. The summed E-state index contributed by atoms with van der Waals surface area (Å²) in [4.78, 5) is 13.8. The van der Waals surface area contributed by atoms with Crippen LogP contribution < -0.4 is 5.73 Å². The molecule has 18 heavy (non-hydrogen) atoms. The standard InChI is InChI=1S/C13H26N2O3/c1-9-6-10(4-5-12(9)14)13(17)15(2)7-11(16)8-18-3/h9-12,16H,4-8,14H2,1-3H3. The molecule has 4 atom stereocenters. The molecule has 1 saturated carbocycles. The minimum atomic E-state index is -0.618. The Bertz CT molecular complexity index is 273. The molecule has 1 aliphatic carbocycles. The molecule has 1 aliphatic rings. The van der Waals surface area contributed by atoms with Gasteiger partial charge in [0.2, 0.25) is 5.91 Å². The number of carbonyl (C=O) groups is 1. The summed E-state index contributed by atoms with van der Waals surface area (Å²) in [6.07, 6.45) is 2.00. The van der Waals surface area contributed by atoms with Crippen molar-refractivity contribution in [1.82, 2.24) is 4.90 Å². The molecule has 3 N–H and O–H groups in total. The second-order valence-electron chi connectivity index (χ2n) is 5.48. The van der Waals surface area contributed by atoms with Crippen LogP contribution in [0.25, 0.3) is 0 Å². The fraction of sp³-hybridized carbons (Fsp3) is 0.923. The van der Waals surface area contributed by atoms with Gasteiger partial charge < -0.3 is 20.5 Å². The van der Waals surface area contributed by atoms with Gasteiger partial charge in [0.15, 0.2) is 0 Å². The minimum absolute atomic E-state index is 0.0551. The normalized spacial score (nSPS) is 29.9. The summed E-state index contributed by atoms with van der Waals surface area (Å²) in [7, 11) is 3.27. The van der Waals surface area contributed by atoms with Crippen LogP contribution in [0.3, 0.4) is 0 Å². The van der Waals surface area contributed by atoms with Crippen LogP contribution in [-0.2, 0) is 9.53 Å². The molecule has 0 bridgehead atoms. The highest BCUT2D eigenvalue weighted by molar-refractivity contribution is 5.78. The van der Waals surface area contributed by atoms with Gasteiger partial charge in [-0.25, -0.2) is 0 Å². The number of likely N-dealkylation sites (N-methyl/N-ethyl adjacent to an activating group) is 1. The van der Waals surface area contributed by atoms with Gasteiger partial charge in [-0.05, 0) is 25.2 Å². The maximum Gasteiger partial charge on any atom is 0.225 e. The van der Waals surface area contributed by atoms with E-state index in [1.54, 1.807) is 11.9 Å². The number of rotatable bonds is 5. The summed E-state index contributed by atoms with van der Waals surface area (Å²) in [5, 5.41) is 9.62. The minimum Gasteiger partial charge on any atom is -0.389 e. The van der Waals surface area contributed by atoms with E-state index in [4.69, 9.17) is 10.5 Å². The Kier molecular flexibility index (Phi) is 6.05. The molecule has 0 aliphatic heterocycles. The lowest BCUT2D eigenvalue weighted by Gasteiger charge is -2.33. The maximum absolute atomic E-state index is 12.2. The fourth-order valence-electron chi connectivity index (χ4n) is 2.61. The van der Waals surface area contributed by atoms with Gasteiger partial charge >= 0.3 is 0 Å². The molecule has 0 aromatic carbocycles. The van der Waals surface area contributed by atoms with Gasteiger partial charge in [-0.2, -0.15) is 0 Å². The van der Waals surface area contributed by atoms with E-state index in [1.165, 1.54) is 7.11 Å². The lowest BCUT2D eigenvalue weighted by Crippen LogP contribution is -2.43. The Morgan fingerprint density at radius 2 is 2.22 bits per heavy atom. The highest BCUT2D eigenvalue weighted by Gasteiger charge is 2.31. The van der Waals surface area contributed by atoms with Crippen LogP contribution in [0, 0.1) is 11.8 Å². The SMILES string of the molecule is COCC(O)CN(C)C(=O)C1CCC(N)C(C)C1. The lowest BCUT2D eigenvalue weighted by atomic mass is 9.79. The average molecular weight is 258 g/mol. The molecule has 0 aromatic rings. The highest BCUT2D eigenvalue weighted by atomic mass is 16.5. The smallest absolute Gasteiger partial charge is 0.225 e. The summed E-state index contributed by atoms with van der Waals surface area (Å²) in [5.74, 6) is 0.563. The van der Waals surface area contributed by atoms with Gasteiger partial charge in [-0.1, -0.05) is 6.92 Å². The van der Waals surface area contributed by atoms with Crippen molar-refractivity contribution in [3.05, 3.63) is 0 Å². The Hall–Kier alpha value is -0.650. The Morgan fingerprint density at radius 1 is 1.56 bits per heavy atom. The van der Waals surface area contributed by atoms with Crippen molar-refractivity contribution in [3.8, 4) is 0 Å². The number of nitrogens with zero attached hydrogens (tertiary/aromatic N) is 1. The van der Waals surface area contributed by atoms with Crippen LogP contribution in [-0.4, -0.2) is 55.4 Å². The number of aliphatic hydroxyl groups is 1. The fourth-order valence-corrected chi connectivity index (χ4v) is 2.61. The second-order valence-corrected chi connectivity index (χ2v) is 5.48. The molecule has 0 saturated heterocycles. The molecule has 5 nitrogen and oxygen atoms in total.